The van der Waals surface area contributed by atoms with Crippen LogP contribution in [0.2, 0.25) is 0 Å². The first-order valence-corrected chi connectivity index (χ1v) is 10.1. The highest BCUT2D eigenvalue weighted by Crippen LogP contribution is 2.33. The lowest BCUT2D eigenvalue weighted by atomic mass is 10.2. The largest absolute Gasteiger partial charge is 0.477 e. The molecule has 0 unspecified atom stereocenters. The van der Waals surface area contributed by atoms with Gasteiger partial charge in [-0.3, -0.25) is 9.59 Å². The number of rotatable bonds is 9. The molecule has 3 aromatic heterocycles. The van der Waals surface area contributed by atoms with E-state index in [0.717, 1.165) is 12.3 Å². The standard InChI is InChI=1S/C21H22F3N5O4/c1-3-32-10-9-28-13-14(5-8-19(28)30)20(31)26-17-7-6-15(12-25-17)29-16(21(22,23)24)11-18(27-29)33-4-2/h5-8,11-13H,3-4,9-10H2,1-2H3,(H,25,26,31). The van der Waals surface area contributed by atoms with E-state index in [4.69, 9.17) is 9.47 Å². The number of alkyl halides is 3. The van der Waals surface area contributed by atoms with Crippen LogP contribution in [-0.2, 0) is 17.5 Å². The van der Waals surface area contributed by atoms with Crippen molar-refractivity contribution in [2.24, 2.45) is 0 Å². The van der Waals surface area contributed by atoms with E-state index in [0.29, 0.717) is 17.9 Å². The zero-order chi connectivity index (χ0) is 24.0. The van der Waals surface area contributed by atoms with Crippen LogP contribution in [0.1, 0.15) is 29.9 Å². The SMILES string of the molecule is CCOCCn1cc(C(=O)Nc2ccc(-n3nc(OCC)cc3C(F)(F)F)cn2)ccc1=O. The Kier molecular flexibility index (Phi) is 7.48. The minimum atomic E-state index is -4.65. The van der Waals surface area contributed by atoms with E-state index in [1.807, 2.05) is 6.92 Å². The fourth-order valence-corrected chi connectivity index (χ4v) is 2.90. The molecule has 0 aliphatic heterocycles. The maximum atomic E-state index is 13.4. The van der Waals surface area contributed by atoms with Crippen molar-refractivity contribution in [3.63, 3.8) is 0 Å². The van der Waals surface area contributed by atoms with E-state index in [-0.39, 0.29) is 41.7 Å². The first-order chi connectivity index (χ1) is 15.7. The van der Waals surface area contributed by atoms with Gasteiger partial charge in [0.05, 0.1) is 30.7 Å². The van der Waals surface area contributed by atoms with Gasteiger partial charge in [-0.1, -0.05) is 0 Å². The molecular weight excluding hydrogens is 443 g/mol. The van der Waals surface area contributed by atoms with Crippen molar-refractivity contribution in [1.82, 2.24) is 19.3 Å². The molecule has 1 amide bonds. The van der Waals surface area contributed by atoms with Crippen molar-refractivity contribution in [2.45, 2.75) is 26.6 Å². The summed E-state index contributed by atoms with van der Waals surface area (Å²) >= 11 is 0. The Bertz CT molecular complexity index is 1160. The summed E-state index contributed by atoms with van der Waals surface area (Å²) in [5.74, 6) is -0.586. The number of amides is 1. The Hall–Kier alpha value is -3.67. The highest BCUT2D eigenvalue weighted by molar-refractivity contribution is 6.03. The predicted molar refractivity (Wildman–Crippen MR) is 113 cm³/mol. The number of ether oxygens (including phenoxy) is 2. The average molecular weight is 465 g/mol. The summed E-state index contributed by atoms with van der Waals surface area (Å²) in [5.41, 5.74) is -1.04. The van der Waals surface area contributed by atoms with Crippen LogP contribution in [0.25, 0.3) is 5.69 Å². The molecular formula is C21H22F3N5O4. The van der Waals surface area contributed by atoms with Crippen molar-refractivity contribution < 1.29 is 27.4 Å². The molecule has 33 heavy (non-hydrogen) atoms. The van der Waals surface area contributed by atoms with Crippen LogP contribution in [0.3, 0.4) is 0 Å². The Morgan fingerprint density at radius 2 is 1.94 bits per heavy atom. The summed E-state index contributed by atoms with van der Waals surface area (Å²) in [7, 11) is 0. The van der Waals surface area contributed by atoms with Crippen molar-refractivity contribution >= 4 is 11.7 Å². The van der Waals surface area contributed by atoms with Gasteiger partial charge in [0.2, 0.25) is 5.88 Å². The second-order valence-corrected chi connectivity index (χ2v) is 6.71. The highest BCUT2D eigenvalue weighted by atomic mass is 19.4. The van der Waals surface area contributed by atoms with E-state index in [1.165, 1.54) is 35.0 Å². The second-order valence-electron chi connectivity index (χ2n) is 6.71. The van der Waals surface area contributed by atoms with Gasteiger partial charge >= 0.3 is 6.18 Å². The van der Waals surface area contributed by atoms with Crippen LogP contribution in [0.15, 0.2) is 47.5 Å². The van der Waals surface area contributed by atoms with Gasteiger partial charge in [0.25, 0.3) is 11.5 Å². The number of pyridine rings is 2. The third-order valence-electron chi connectivity index (χ3n) is 4.43. The van der Waals surface area contributed by atoms with Gasteiger partial charge in [-0.2, -0.15) is 13.2 Å². The van der Waals surface area contributed by atoms with Crippen LogP contribution in [-0.4, -0.2) is 45.1 Å². The number of hydrogen-bond acceptors (Lipinski definition) is 6. The summed E-state index contributed by atoms with van der Waals surface area (Å²) < 4.78 is 52.4. The van der Waals surface area contributed by atoms with Gasteiger partial charge in [-0.15, -0.1) is 5.10 Å². The van der Waals surface area contributed by atoms with E-state index in [2.05, 4.69) is 15.4 Å². The maximum Gasteiger partial charge on any atom is 0.433 e. The van der Waals surface area contributed by atoms with E-state index in [9.17, 15) is 22.8 Å². The summed E-state index contributed by atoms with van der Waals surface area (Å²) in [4.78, 5) is 28.5. The predicted octanol–water partition coefficient (Wildman–Crippen LogP) is 3.14. The second kappa shape index (κ2) is 10.3. The number of carbonyl (C=O) groups is 1. The first-order valence-electron chi connectivity index (χ1n) is 10.1. The molecule has 9 nitrogen and oxygen atoms in total. The molecule has 0 fully saturated rings. The number of nitrogens with zero attached hydrogens (tertiary/aromatic N) is 4. The lowest BCUT2D eigenvalue weighted by Crippen LogP contribution is -2.24. The van der Waals surface area contributed by atoms with Crippen molar-refractivity contribution in [1.29, 1.82) is 0 Å². The van der Waals surface area contributed by atoms with Crippen LogP contribution in [0.5, 0.6) is 5.88 Å². The monoisotopic (exact) mass is 465 g/mol. The van der Waals surface area contributed by atoms with Gasteiger partial charge in [-0.05, 0) is 32.0 Å². The Morgan fingerprint density at radius 1 is 1.15 bits per heavy atom. The van der Waals surface area contributed by atoms with Gasteiger partial charge in [0.15, 0.2) is 5.69 Å². The summed E-state index contributed by atoms with van der Waals surface area (Å²) in [6.45, 7) is 4.75. The summed E-state index contributed by atoms with van der Waals surface area (Å²) in [6.07, 6.45) is -2.10. The van der Waals surface area contributed by atoms with Gasteiger partial charge in [-0.25, -0.2) is 9.67 Å². The zero-order valence-corrected chi connectivity index (χ0v) is 17.9. The van der Waals surface area contributed by atoms with Crippen molar-refractivity contribution in [2.75, 3.05) is 25.1 Å². The van der Waals surface area contributed by atoms with E-state index < -0.39 is 17.8 Å². The maximum absolute atomic E-state index is 13.4. The zero-order valence-electron chi connectivity index (χ0n) is 17.9. The quantitative estimate of drug-likeness (QED) is 0.488. The van der Waals surface area contributed by atoms with Gasteiger partial charge < -0.3 is 19.4 Å². The minimum Gasteiger partial charge on any atom is -0.477 e. The third-order valence-corrected chi connectivity index (χ3v) is 4.43. The molecule has 1 N–H and O–H groups in total. The third kappa shape index (κ3) is 5.98. The molecule has 3 rings (SSSR count). The van der Waals surface area contributed by atoms with Crippen LogP contribution >= 0.6 is 0 Å². The number of nitrogens with one attached hydrogen (secondary N) is 1. The molecule has 0 bridgehead atoms. The fraction of sp³-hybridized carbons (Fsp3) is 0.333. The molecule has 176 valence electrons. The molecule has 3 heterocycles. The Morgan fingerprint density at radius 3 is 2.58 bits per heavy atom. The summed E-state index contributed by atoms with van der Waals surface area (Å²) in [6, 6.07) is 6.13. The number of hydrogen-bond donors (Lipinski definition) is 1. The molecule has 0 aromatic carbocycles. The molecule has 0 aliphatic rings. The average Bonchev–Trinajstić information content (AvgIpc) is 3.20. The molecule has 0 spiro atoms. The molecule has 0 saturated heterocycles. The van der Waals surface area contributed by atoms with Crippen molar-refractivity contribution in [3.05, 3.63) is 64.3 Å². The Balaban J connectivity index is 1.77. The molecule has 0 saturated carbocycles. The van der Waals surface area contributed by atoms with Gasteiger partial charge in [0, 0.05) is 31.5 Å². The Labute approximate surface area is 186 Å². The molecule has 0 radical (unpaired) electrons. The van der Waals surface area contributed by atoms with Crippen molar-refractivity contribution in [3.8, 4) is 11.6 Å². The lowest BCUT2D eigenvalue weighted by molar-refractivity contribution is -0.142. The molecule has 0 atom stereocenters. The number of aromatic nitrogens is 4. The normalized spacial score (nSPS) is 11.4. The number of carbonyl (C=O) groups excluding carboxylic acids is 1. The fourth-order valence-electron chi connectivity index (χ4n) is 2.90. The molecule has 12 heteroatoms. The van der Waals surface area contributed by atoms with E-state index >= 15 is 0 Å². The number of halogens is 3. The number of anilines is 1. The van der Waals surface area contributed by atoms with Crippen LogP contribution in [0, 0.1) is 0 Å². The summed E-state index contributed by atoms with van der Waals surface area (Å²) in [5, 5.41) is 6.38. The minimum absolute atomic E-state index is 0.0377. The van der Waals surface area contributed by atoms with Crippen LogP contribution < -0.4 is 15.6 Å². The lowest BCUT2D eigenvalue weighted by Gasteiger charge is -2.11. The smallest absolute Gasteiger partial charge is 0.433 e. The van der Waals surface area contributed by atoms with Crippen LogP contribution in [0.4, 0.5) is 19.0 Å². The molecule has 0 aliphatic carbocycles. The highest BCUT2D eigenvalue weighted by Gasteiger charge is 2.36. The van der Waals surface area contributed by atoms with E-state index in [1.54, 1.807) is 6.92 Å². The topological polar surface area (TPSA) is 100 Å². The first kappa shape index (κ1) is 24.0. The molecule has 3 aromatic rings. The van der Waals surface area contributed by atoms with Gasteiger partial charge in [0.1, 0.15) is 5.82 Å².